The predicted molar refractivity (Wildman–Crippen MR) is 76.2 cm³/mol. The molecule has 100 valence electrons. The van der Waals surface area contributed by atoms with Gasteiger partial charge in [0.15, 0.2) is 0 Å². The zero-order valence-corrected chi connectivity index (χ0v) is 11.0. The lowest BCUT2D eigenvalue weighted by molar-refractivity contribution is 0.626. The molecule has 1 aromatic carbocycles. The van der Waals surface area contributed by atoms with Crippen molar-refractivity contribution >= 4 is 17.4 Å². The van der Waals surface area contributed by atoms with Gasteiger partial charge in [0, 0.05) is 16.8 Å². The first-order chi connectivity index (χ1) is 9.63. The first kappa shape index (κ1) is 12.6. The maximum atomic E-state index is 13.5. The standard InChI is InChI=1S/C14H10ClFN4/c15-10-4-11(16)6-12(5-10)20-8-18-7-13(20)9-1-2-19-14(17)3-9/h1-8H,(H2,17,19). The van der Waals surface area contributed by atoms with E-state index < -0.39 is 5.82 Å². The molecular formula is C14H10ClFN4. The third-order valence-corrected chi connectivity index (χ3v) is 3.06. The van der Waals surface area contributed by atoms with Crippen molar-refractivity contribution < 1.29 is 4.39 Å². The van der Waals surface area contributed by atoms with E-state index >= 15 is 0 Å². The van der Waals surface area contributed by atoms with Crippen LogP contribution >= 0.6 is 11.6 Å². The van der Waals surface area contributed by atoms with Gasteiger partial charge >= 0.3 is 0 Å². The average molecular weight is 289 g/mol. The Morgan fingerprint density at radius 2 is 2.05 bits per heavy atom. The Morgan fingerprint density at radius 1 is 1.20 bits per heavy atom. The smallest absolute Gasteiger partial charge is 0.126 e. The fraction of sp³-hybridized carbons (Fsp3) is 0. The molecule has 0 aliphatic carbocycles. The van der Waals surface area contributed by atoms with E-state index in [-0.39, 0.29) is 0 Å². The van der Waals surface area contributed by atoms with Gasteiger partial charge in [-0.2, -0.15) is 0 Å². The molecule has 2 aromatic heterocycles. The highest BCUT2D eigenvalue weighted by molar-refractivity contribution is 6.30. The van der Waals surface area contributed by atoms with Gasteiger partial charge in [-0.3, -0.25) is 4.57 Å². The third-order valence-electron chi connectivity index (χ3n) is 2.84. The van der Waals surface area contributed by atoms with E-state index in [9.17, 15) is 4.39 Å². The molecule has 0 saturated heterocycles. The number of nitrogens with two attached hydrogens (primary N) is 1. The van der Waals surface area contributed by atoms with Crippen molar-refractivity contribution in [2.45, 2.75) is 0 Å². The molecular weight excluding hydrogens is 279 g/mol. The molecule has 0 unspecified atom stereocenters. The second kappa shape index (κ2) is 4.94. The molecule has 0 amide bonds. The van der Waals surface area contributed by atoms with Gasteiger partial charge in [-0.05, 0) is 30.3 Å². The second-order valence-corrected chi connectivity index (χ2v) is 4.68. The summed E-state index contributed by atoms with van der Waals surface area (Å²) < 4.78 is 15.2. The molecule has 4 nitrogen and oxygen atoms in total. The van der Waals surface area contributed by atoms with Crippen LogP contribution in [0.25, 0.3) is 16.9 Å². The van der Waals surface area contributed by atoms with Gasteiger partial charge in [0.25, 0.3) is 0 Å². The molecule has 0 aliphatic heterocycles. The molecule has 3 aromatic rings. The Hall–Kier alpha value is -2.40. The summed E-state index contributed by atoms with van der Waals surface area (Å²) in [5.74, 6) is 0.00826. The van der Waals surface area contributed by atoms with Crippen LogP contribution in [0.1, 0.15) is 0 Å². The fourth-order valence-corrected chi connectivity index (χ4v) is 2.22. The van der Waals surface area contributed by atoms with E-state index in [1.54, 1.807) is 35.4 Å². The molecule has 6 heteroatoms. The van der Waals surface area contributed by atoms with Crippen LogP contribution in [0.5, 0.6) is 0 Å². The Morgan fingerprint density at radius 3 is 2.80 bits per heavy atom. The number of nitrogen functional groups attached to an aromatic ring is 1. The third kappa shape index (κ3) is 2.35. The van der Waals surface area contributed by atoms with E-state index in [4.69, 9.17) is 17.3 Å². The highest BCUT2D eigenvalue weighted by Gasteiger charge is 2.09. The molecule has 2 N–H and O–H groups in total. The number of nitrogens with zero attached hydrogens (tertiary/aromatic N) is 3. The molecule has 0 aliphatic rings. The first-order valence-corrected chi connectivity index (χ1v) is 6.22. The van der Waals surface area contributed by atoms with Gasteiger partial charge < -0.3 is 5.73 Å². The highest BCUT2D eigenvalue weighted by atomic mass is 35.5. The van der Waals surface area contributed by atoms with Crippen LogP contribution in [-0.2, 0) is 0 Å². The van der Waals surface area contributed by atoms with E-state index in [1.807, 2.05) is 6.07 Å². The Labute approximate surface area is 119 Å². The van der Waals surface area contributed by atoms with Crippen molar-refractivity contribution in [2.75, 3.05) is 5.73 Å². The van der Waals surface area contributed by atoms with Gasteiger partial charge in [0.1, 0.15) is 11.6 Å². The van der Waals surface area contributed by atoms with Crippen molar-refractivity contribution in [1.82, 2.24) is 14.5 Å². The lowest BCUT2D eigenvalue weighted by Gasteiger charge is -2.09. The number of hydrogen-bond acceptors (Lipinski definition) is 3. The summed E-state index contributed by atoms with van der Waals surface area (Å²) >= 11 is 5.89. The summed E-state index contributed by atoms with van der Waals surface area (Å²) in [5, 5.41) is 0.328. The number of benzene rings is 1. The summed E-state index contributed by atoms with van der Waals surface area (Å²) in [4.78, 5) is 8.05. The molecule has 20 heavy (non-hydrogen) atoms. The molecule has 0 saturated carbocycles. The average Bonchev–Trinajstić information content (AvgIpc) is 2.86. The number of aromatic nitrogens is 3. The van der Waals surface area contributed by atoms with Crippen LogP contribution in [0.4, 0.5) is 10.2 Å². The SMILES string of the molecule is Nc1cc(-c2cncn2-c2cc(F)cc(Cl)c2)ccn1. The monoisotopic (exact) mass is 288 g/mol. The Bertz CT molecular complexity index is 749. The lowest BCUT2D eigenvalue weighted by Crippen LogP contribution is -1.97. The normalized spacial score (nSPS) is 10.7. The molecule has 2 heterocycles. The van der Waals surface area contributed by atoms with Crippen LogP contribution in [0.15, 0.2) is 49.1 Å². The molecule has 0 fully saturated rings. The number of hydrogen-bond donors (Lipinski definition) is 1. The molecule has 0 atom stereocenters. The van der Waals surface area contributed by atoms with Crippen LogP contribution in [0.3, 0.4) is 0 Å². The van der Waals surface area contributed by atoms with Crippen LogP contribution in [0.2, 0.25) is 5.02 Å². The van der Waals surface area contributed by atoms with Crippen molar-refractivity contribution in [3.05, 3.63) is 59.9 Å². The predicted octanol–water partition coefficient (Wildman–Crippen LogP) is 3.31. The van der Waals surface area contributed by atoms with Crippen molar-refractivity contribution in [3.63, 3.8) is 0 Å². The van der Waals surface area contributed by atoms with E-state index in [0.29, 0.717) is 16.5 Å². The van der Waals surface area contributed by atoms with Crippen LogP contribution in [-0.4, -0.2) is 14.5 Å². The highest BCUT2D eigenvalue weighted by Crippen LogP contribution is 2.25. The topological polar surface area (TPSA) is 56.7 Å². The zero-order chi connectivity index (χ0) is 14.1. The maximum Gasteiger partial charge on any atom is 0.126 e. The number of pyridine rings is 1. The fourth-order valence-electron chi connectivity index (χ4n) is 2.00. The lowest BCUT2D eigenvalue weighted by atomic mass is 10.2. The largest absolute Gasteiger partial charge is 0.384 e. The quantitative estimate of drug-likeness (QED) is 0.787. The van der Waals surface area contributed by atoms with Crippen LogP contribution in [0, 0.1) is 5.82 Å². The minimum Gasteiger partial charge on any atom is -0.384 e. The van der Waals surface area contributed by atoms with Crippen molar-refractivity contribution in [2.24, 2.45) is 0 Å². The number of halogens is 2. The van der Waals surface area contributed by atoms with Gasteiger partial charge in [0.05, 0.1) is 23.9 Å². The minimum atomic E-state index is -0.401. The van der Waals surface area contributed by atoms with Gasteiger partial charge in [0.2, 0.25) is 0 Å². The van der Waals surface area contributed by atoms with Gasteiger partial charge in [-0.1, -0.05) is 11.6 Å². The summed E-state index contributed by atoms with van der Waals surface area (Å²) in [6, 6.07) is 7.85. The van der Waals surface area contributed by atoms with E-state index in [0.717, 1.165) is 11.3 Å². The van der Waals surface area contributed by atoms with E-state index in [2.05, 4.69) is 9.97 Å². The number of imidazole rings is 1. The van der Waals surface area contributed by atoms with Crippen molar-refractivity contribution in [3.8, 4) is 16.9 Å². The van der Waals surface area contributed by atoms with Gasteiger partial charge in [-0.15, -0.1) is 0 Å². The van der Waals surface area contributed by atoms with E-state index in [1.165, 1.54) is 12.1 Å². The van der Waals surface area contributed by atoms with Crippen LogP contribution < -0.4 is 5.73 Å². The molecule has 3 rings (SSSR count). The number of anilines is 1. The Balaban J connectivity index is 2.15. The Kier molecular flexibility index (Phi) is 3.12. The summed E-state index contributed by atoms with van der Waals surface area (Å²) in [5.41, 5.74) is 7.90. The molecule has 0 bridgehead atoms. The van der Waals surface area contributed by atoms with Crippen molar-refractivity contribution in [1.29, 1.82) is 0 Å². The van der Waals surface area contributed by atoms with Gasteiger partial charge in [-0.25, -0.2) is 14.4 Å². The summed E-state index contributed by atoms with van der Waals surface area (Å²) in [7, 11) is 0. The first-order valence-electron chi connectivity index (χ1n) is 5.84. The number of rotatable bonds is 2. The minimum absolute atomic E-state index is 0.328. The second-order valence-electron chi connectivity index (χ2n) is 4.25. The summed E-state index contributed by atoms with van der Waals surface area (Å²) in [6.07, 6.45) is 4.88. The maximum absolute atomic E-state index is 13.5. The molecule has 0 radical (unpaired) electrons. The molecule has 0 spiro atoms. The zero-order valence-electron chi connectivity index (χ0n) is 10.3. The summed E-state index contributed by atoms with van der Waals surface area (Å²) in [6.45, 7) is 0.